The summed E-state index contributed by atoms with van der Waals surface area (Å²) in [5.41, 5.74) is 1.20. The second-order valence-electron chi connectivity index (χ2n) is 5.57. The summed E-state index contributed by atoms with van der Waals surface area (Å²) in [5.74, 6) is 2.50. The van der Waals surface area contributed by atoms with E-state index < -0.39 is 0 Å². The molecule has 0 aliphatic heterocycles. The van der Waals surface area contributed by atoms with Crippen LogP contribution in [-0.4, -0.2) is 39.6 Å². The molecule has 0 amide bonds. The number of quaternary nitrogens is 1. The van der Waals surface area contributed by atoms with Crippen molar-refractivity contribution in [2.75, 3.05) is 19.4 Å². The predicted octanol–water partition coefficient (Wildman–Crippen LogP) is 1.71. The summed E-state index contributed by atoms with van der Waals surface area (Å²) in [5, 5.41) is 16.6. The van der Waals surface area contributed by atoms with Crippen molar-refractivity contribution in [2.45, 2.75) is 18.3 Å². The summed E-state index contributed by atoms with van der Waals surface area (Å²) < 4.78 is 13.0. The molecule has 0 aliphatic rings. The largest absolute Gasteiger partial charge is 0.493 e. The molecule has 2 heterocycles. The quantitative estimate of drug-likeness (QED) is 0.418. The van der Waals surface area contributed by atoms with E-state index >= 15 is 0 Å². The van der Waals surface area contributed by atoms with Gasteiger partial charge in [-0.15, -0.1) is 16.4 Å². The number of thiophene rings is 1. The maximum absolute atomic E-state index is 5.87. The van der Waals surface area contributed by atoms with E-state index in [-0.39, 0.29) is 0 Å². The van der Waals surface area contributed by atoms with Crippen LogP contribution in [0.5, 0.6) is 11.5 Å². The number of aromatic nitrogens is 4. The maximum Gasteiger partial charge on any atom is 0.209 e. The number of hydrogen-bond acceptors (Lipinski definition) is 7. The number of thioether (sulfide) groups is 1. The minimum Gasteiger partial charge on any atom is -0.493 e. The van der Waals surface area contributed by atoms with E-state index in [1.807, 2.05) is 30.6 Å². The zero-order valence-electron chi connectivity index (χ0n) is 14.8. The van der Waals surface area contributed by atoms with Gasteiger partial charge in [-0.2, -0.15) is 0 Å². The second kappa shape index (κ2) is 9.56. The number of hydrogen-bond donors (Lipinski definition) is 1. The van der Waals surface area contributed by atoms with E-state index in [1.165, 1.54) is 10.4 Å². The van der Waals surface area contributed by atoms with Gasteiger partial charge in [-0.1, -0.05) is 17.8 Å². The molecule has 138 valence electrons. The third-order valence-electron chi connectivity index (χ3n) is 3.69. The lowest BCUT2D eigenvalue weighted by Gasteiger charge is -2.11. The molecule has 3 rings (SSSR count). The number of tetrazole rings is 1. The third-order valence-corrected chi connectivity index (χ3v) is 5.59. The summed E-state index contributed by atoms with van der Waals surface area (Å²) in [4.78, 5) is 1.19. The number of nitrogens with zero attached hydrogens (tertiary/aromatic N) is 4. The van der Waals surface area contributed by atoms with Crippen LogP contribution in [0.15, 0.2) is 40.9 Å². The van der Waals surface area contributed by atoms with Gasteiger partial charge in [0.05, 0.1) is 19.4 Å². The van der Waals surface area contributed by atoms with Crippen LogP contribution in [0.3, 0.4) is 0 Å². The molecule has 0 bridgehead atoms. The average Bonchev–Trinajstić information content (AvgIpc) is 3.32. The Morgan fingerprint density at radius 2 is 2.19 bits per heavy atom. The molecule has 0 unspecified atom stereocenters. The highest BCUT2D eigenvalue weighted by Gasteiger charge is 2.08. The fraction of sp³-hybridized carbons (Fsp3) is 0.353. The van der Waals surface area contributed by atoms with E-state index in [2.05, 4.69) is 33.0 Å². The molecule has 0 radical (unpaired) electrons. The van der Waals surface area contributed by atoms with Gasteiger partial charge in [-0.25, -0.2) is 4.68 Å². The van der Waals surface area contributed by atoms with Gasteiger partial charge >= 0.3 is 0 Å². The molecule has 0 aliphatic carbocycles. The maximum atomic E-state index is 5.87. The van der Waals surface area contributed by atoms with Crippen LogP contribution < -0.4 is 14.8 Å². The smallest absolute Gasteiger partial charge is 0.209 e. The van der Waals surface area contributed by atoms with Gasteiger partial charge in [0, 0.05) is 17.5 Å². The number of benzene rings is 1. The van der Waals surface area contributed by atoms with Crippen molar-refractivity contribution in [1.29, 1.82) is 0 Å². The standard InChI is InChI=1S/C17H21N5O2S2/c1-22-17(19-20-21-22)26-9-7-18-11-13-5-6-15(16(10-13)23-2)24-12-14-4-3-8-25-14/h3-6,8,10,18H,7,9,11-12H2,1-2H3/p+1. The SMILES string of the molecule is COc1cc(C[NH2+]CCSc2nnnn2C)ccc1OCc1cccs1. The third kappa shape index (κ3) is 5.20. The first-order valence-electron chi connectivity index (χ1n) is 8.25. The Balaban J connectivity index is 1.45. The van der Waals surface area contributed by atoms with Crippen molar-refractivity contribution in [2.24, 2.45) is 7.05 Å². The van der Waals surface area contributed by atoms with Crippen LogP contribution in [0.1, 0.15) is 10.4 Å². The normalized spacial score (nSPS) is 10.8. The first kappa shape index (κ1) is 18.7. The fourth-order valence-electron chi connectivity index (χ4n) is 2.35. The van der Waals surface area contributed by atoms with Gasteiger partial charge in [0.15, 0.2) is 11.5 Å². The molecule has 0 fully saturated rings. The minimum atomic E-state index is 0.563. The van der Waals surface area contributed by atoms with Crippen molar-refractivity contribution in [3.8, 4) is 11.5 Å². The summed E-state index contributed by atoms with van der Waals surface area (Å²) in [6, 6.07) is 10.2. The van der Waals surface area contributed by atoms with Crippen molar-refractivity contribution < 1.29 is 14.8 Å². The fourth-order valence-corrected chi connectivity index (χ4v) is 3.75. The highest BCUT2D eigenvalue weighted by atomic mass is 32.2. The van der Waals surface area contributed by atoms with Crippen LogP contribution in [0.4, 0.5) is 0 Å². The Morgan fingerprint density at radius 1 is 1.27 bits per heavy atom. The monoisotopic (exact) mass is 392 g/mol. The number of aryl methyl sites for hydroxylation is 1. The number of methoxy groups -OCH3 is 1. The molecular formula is C17H22N5O2S2+. The Kier molecular flexibility index (Phi) is 6.87. The number of ether oxygens (including phenoxy) is 2. The summed E-state index contributed by atoms with van der Waals surface area (Å²) in [7, 11) is 3.52. The highest BCUT2D eigenvalue weighted by molar-refractivity contribution is 7.99. The Labute approximate surface area is 160 Å². The Morgan fingerprint density at radius 3 is 2.92 bits per heavy atom. The van der Waals surface area contributed by atoms with Crippen LogP contribution in [0, 0.1) is 0 Å². The van der Waals surface area contributed by atoms with E-state index in [0.29, 0.717) is 6.61 Å². The second-order valence-corrected chi connectivity index (χ2v) is 7.66. The zero-order valence-corrected chi connectivity index (χ0v) is 16.4. The average molecular weight is 393 g/mol. The molecular weight excluding hydrogens is 370 g/mol. The van der Waals surface area contributed by atoms with Crippen molar-refractivity contribution in [1.82, 2.24) is 20.2 Å². The predicted molar refractivity (Wildman–Crippen MR) is 102 cm³/mol. The molecule has 0 saturated carbocycles. The molecule has 26 heavy (non-hydrogen) atoms. The summed E-state index contributed by atoms with van der Waals surface area (Å²) >= 11 is 3.34. The minimum absolute atomic E-state index is 0.563. The molecule has 7 nitrogen and oxygen atoms in total. The van der Waals surface area contributed by atoms with Crippen LogP contribution in [0.25, 0.3) is 0 Å². The van der Waals surface area contributed by atoms with Gasteiger partial charge in [0.1, 0.15) is 13.2 Å². The lowest BCUT2D eigenvalue weighted by atomic mass is 10.2. The van der Waals surface area contributed by atoms with E-state index in [4.69, 9.17) is 9.47 Å². The van der Waals surface area contributed by atoms with Crippen molar-refractivity contribution in [3.63, 3.8) is 0 Å². The Bertz CT molecular complexity index is 807. The lowest BCUT2D eigenvalue weighted by molar-refractivity contribution is -0.666. The highest BCUT2D eigenvalue weighted by Crippen LogP contribution is 2.29. The molecule has 0 saturated heterocycles. The first-order chi connectivity index (χ1) is 12.8. The van der Waals surface area contributed by atoms with E-state index in [1.54, 1.807) is 34.9 Å². The molecule has 2 aromatic heterocycles. The molecule has 0 atom stereocenters. The molecule has 0 spiro atoms. The van der Waals surface area contributed by atoms with Gasteiger partial charge in [0.25, 0.3) is 0 Å². The van der Waals surface area contributed by atoms with E-state index in [0.717, 1.165) is 35.5 Å². The molecule has 9 heteroatoms. The zero-order chi connectivity index (χ0) is 18.2. The van der Waals surface area contributed by atoms with Crippen LogP contribution in [-0.2, 0) is 20.2 Å². The molecule has 3 aromatic rings. The van der Waals surface area contributed by atoms with Gasteiger partial charge < -0.3 is 14.8 Å². The van der Waals surface area contributed by atoms with Gasteiger partial charge in [-0.3, -0.25) is 0 Å². The van der Waals surface area contributed by atoms with Crippen molar-refractivity contribution >= 4 is 23.1 Å². The van der Waals surface area contributed by atoms with Crippen LogP contribution in [0.2, 0.25) is 0 Å². The van der Waals surface area contributed by atoms with E-state index in [9.17, 15) is 0 Å². The lowest BCUT2D eigenvalue weighted by Crippen LogP contribution is -2.83. The summed E-state index contributed by atoms with van der Waals surface area (Å²) in [6.45, 7) is 2.43. The number of nitrogens with two attached hydrogens (primary N) is 1. The van der Waals surface area contributed by atoms with Gasteiger partial charge in [0.2, 0.25) is 5.16 Å². The first-order valence-corrected chi connectivity index (χ1v) is 10.1. The van der Waals surface area contributed by atoms with Crippen molar-refractivity contribution in [3.05, 3.63) is 46.2 Å². The van der Waals surface area contributed by atoms with Gasteiger partial charge in [-0.05, 0) is 40.1 Å². The topological polar surface area (TPSA) is 78.7 Å². The number of rotatable bonds is 10. The summed E-state index contributed by atoms with van der Waals surface area (Å²) in [6.07, 6.45) is 0. The van der Waals surface area contributed by atoms with Crippen LogP contribution >= 0.6 is 23.1 Å². The Hall–Kier alpha value is -2.10. The molecule has 1 aromatic carbocycles. The molecule has 2 N–H and O–H groups in total.